The predicted octanol–water partition coefficient (Wildman–Crippen LogP) is -1.41. The smallest absolute Gasteiger partial charge is 0.326 e. The van der Waals surface area contributed by atoms with Crippen LogP contribution in [0.3, 0.4) is 0 Å². The monoisotopic (exact) mass is 419 g/mol. The Morgan fingerprint density at radius 1 is 0.929 bits per heavy atom. The Kier molecular flexibility index (Phi) is 12.5. The second-order valence-corrected chi connectivity index (χ2v) is 7.31. The standard InChI is InChI=1S/C17H33N5O5S/c1-9(2)13(22-14(23)10(3)19)16(25)21-12(8-28)15(24)20-11(17(26)27)6-4-5-7-18/h9-13,28H,4-8,18-19H2,1-3H3,(H,20,24)(H,21,25)(H,22,23)(H,26,27). The van der Waals surface area contributed by atoms with Gasteiger partial charge in [-0.1, -0.05) is 13.8 Å². The first-order valence-corrected chi connectivity index (χ1v) is 9.88. The first-order chi connectivity index (χ1) is 13.0. The fourth-order valence-electron chi connectivity index (χ4n) is 2.30. The number of nitrogens with one attached hydrogen (secondary N) is 3. The molecule has 4 atom stereocenters. The molecule has 10 nitrogen and oxygen atoms in total. The number of rotatable bonds is 13. The predicted molar refractivity (Wildman–Crippen MR) is 109 cm³/mol. The lowest BCUT2D eigenvalue weighted by Gasteiger charge is -2.26. The van der Waals surface area contributed by atoms with E-state index < -0.39 is 47.9 Å². The van der Waals surface area contributed by atoms with Gasteiger partial charge in [-0.15, -0.1) is 0 Å². The molecule has 0 aromatic rings. The van der Waals surface area contributed by atoms with Gasteiger partial charge in [0, 0.05) is 5.75 Å². The van der Waals surface area contributed by atoms with Gasteiger partial charge in [-0.25, -0.2) is 4.79 Å². The van der Waals surface area contributed by atoms with E-state index in [2.05, 4.69) is 28.6 Å². The van der Waals surface area contributed by atoms with Crippen molar-refractivity contribution in [2.75, 3.05) is 12.3 Å². The number of hydrogen-bond acceptors (Lipinski definition) is 7. The molecule has 0 rings (SSSR count). The first-order valence-electron chi connectivity index (χ1n) is 9.25. The number of thiol groups is 1. The average Bonchev–Trinajstić information content (AvgIpc) is 2.62. The molecule has 0 saturated heterocycles. The third kappa shape index (κ3) is 9.38. The number of aliphatic carboxylic acids is 1. The number of carbonyl (C=O) groups excluding carboxylic acids is 3. The van der Waals surface area contributed by atoms with E-state index >= 15 is 0 Å². The van der Waals surface area contributed by atoms with Crippen LogP contribution in [0.15, 0.2) is 0 Å². The summed E-state index contributed by atoms with van der Waals surface area (Å²) in [7, 11) is 0. The van der Waals surface area contributed by atoms with Crippen molar-refractivity contribution in [1.29, 1.82) is 0 Å². The van der Waals surface area contributed by atoms with Crippen molar-refractivity contribution < 1.29 is 24.3 Å². The number of unbranched alkanes of at least 4 members (excludes halogenated alkanes) is 1. The fourth-order valence-corrected chi connectivity index (χ4v) is 2.55. The van der Waals surface area contributed by atoms with E-state index in [1.54, 1.807) is 13.8 Å². The van der Waals surface area contributed by atoms with E-state index in [0.29, 0.717) is 19.4 Å². The molecule has 162 valence electrons. The molecule has 0 aliphatic rings. The summed E-state index contributed by atoms with van der Waals surface area (Å²) in [6.45, 7) is 5.39. The van der Waals surface area contributed by atoms with Crippen molar-refractivity contribution in [2.45, 2.75) is 64.2 Å². The summed E-state index contributed by atoms with van der Waals surface area (Å²) in [5.74, 6) is -3.20. The number of hydrogen-bond donors (Lipinski definition) is 7. The van der Waals surface area contributed by atoms with E-state index in [4.69, 9.17) is 11.5 Å². The zero-order valence-electron chi connectivity index (χ0n) is 16.6. The van der Waals surface area contributed by atoms with E-state index in [1.807, 2.05) is 0 Å². The molecule has 0 aliphatic carbocycles. The molecule has 0 aromatic carbocycles. The topological polar surface area (TPSA) is 177 Å². The van der Waals surface area contributed by atoms with Gasteiger partial charge >= 0.3 is 5.97 Å². The summed E-state index contributed by atoms with van der Waals surface area (Å²) in [5.41, 5.74) is 10.9. The average molecular weight is 420 g/mol. The van der Waals surface area contributed by atoms with Gasteiger partial charge in [-0.05, 0) is 38.6 Å². The highest BCUT2D eigenvalue weighted by molar-refractivity contribution is 7.80. The van der Waals surface area contributed by atoms with Crippen LogP contribution in [0.4, 0.5) is 0 Å². The molecule has 0 spiro atoms. The van der Waals surface area contributed by atoms with Gasteiger partial charge in [0.25, 0.3) is 0 Å². The molecule has 11 heteroatoms. The quantitative estimate of drug-likeness (QED) is 0.142. The van der Waals surface area contributed by atoms with Crippen molar-refractivity contribution in [3.8, 4) is 0 Å². The molecule has 0 radical (unpaired) electrons. The van der Waals surface area contributed by atoms with E-state index in [-0.39, 0.29) is 18.1 Å². The lowest BCUT2D eigenvalue weighted by atomic mass is 10.0. The zero-order chi connectivity index (χ0) is 21.9. The molecular weight excluding hydrogens is 386 g/mol. The highest BCUT2D eigenvalue weighted by Gasteiger charge is 2.30. The second kappa shape index (κ2) is 13.3. The van der Waals surface area contributed by atoms with Crippen LogP contribution >= 0.6 is 12.6 Å². The summed E-state index contributed by atoms with van der Waals surface area (Å²) in [5, 5.41) is 16.7. The van der Waals surface area contributed by atoms with Crippen LogP contribution in [0.5, 0.6) is 0 Å². The number of carboxylic acid groups (broad SMARTS) is 1. The maximum atomic E-state index is 12.5. The SMILES string of the molecule is CC(N)C(=O)NC(C(=O)NC(CS)C(=O)NC(CCCCN)C(=O)O)C(C)C. The highest BCUT2D eigenvalue weighted by atomic mass is 32.1. The molecule has 28 heavy (non-hydrogen) atoms. The Morgan fingerprint density at radius 2 is 1.50 bits per heavy atom. The van der Waals surface area contributed by atoms with E-state index in [9.17, 15) is 24.3 Å². The molecule has 8 N–H and O–H groups in total. The van der Waals surface area contributed by atoms with Crippen LogP contribution in [0.2, 0.25) is 0 Å². The Morgan fingerprint density at radius 3 is 1.93 bits per heavy atom. The Bertz CT molecular complexity index is 544. The molecule has 4 unspecified atom stereocenters. The fraction of sp³-hybridized carbons (Fsp3) is 0.765. The molecule has 0 aliphatic heterocycles. The van der Waals surface area contributed by atoms with Crippen LogP contribution in [0.1, 0.15) is 40.0 Å². The highest BCUT2D eigenvalue weighted by Crippen LogP contribution is 2.05. The summed E-state index contributed by atoms with van der Waals surface area (Å²) in [4.78, 5) is 48.1. The summed E-state index contributed by atoms with van der Waals surface area (Å²) < 4.78 is 0. The number of nitrogens with two attached hydrogens (primary N) is 2. The third-order valence-electron chi connectivity index (χ3n) is 4.04. The van der Waals surface area contributed by atoms with Gasteiger partial charge in [0.2, 0.25) is 17.7 Å². The summed E-state index contributed by atoms with van der Waals surface area (Å²) in [6, 6.07) is -3.82. The van der Waals surface area contributed by atoms with Gasteiger partial charge in [0.05, 0.1) is 6.04 Å². The van der Waals surface area contributed by atoms with Gasteiger partial charge < -0.3 is 32.5 Å². The molecular formula is C17H33N5O5S. The van der Waals surface area contributed by atoms with E-state index in [1.165, 1.54) is 6.92 Å². The van der Waals surface area contributed by atoms with Crippen LogP contribution in [-0.4, -0.2) is 65.3 Å². The minimum atomic E-state index is -1.17. The van der Waals surface area contributed by atoms with Gasteiger partial charge in [0.15, 0.2) is 0 Å². The number of amides is 3. The number of carboxylic acids is 1. The molecule has 0 fully saturated rings. The first kappa shape index (κ1) is 26.1. The lowest BCUT2D eigenvalue weighted by molar-refractivity contribution is -0.142. The van der Waals surface area contributed by atoms with Crippen LogP contribution in [-0.2, 0) is 19.2 Å². The Labute approximate surface area is 171 Å². The molecule has 3 amide bonds. The maximum Gasteiger partial charge on any atom is 0.326 e. The molecule has 0 saturated carbocycles. The lowest BCUT2D eigenvalue weighted by Crippen LogP contribution is -2.58. The zero-order valence-corrected chi connectivity index (χ0v) is 17.5. The van der Waals surface area contributed by atoms with E-state index in [0.717, 1.165) is 0 Å². The van der Waals surface area contributed by atoms with Crippen LogP contribution < -0.4 is 27.4 Å². The number of carbonyl (C=O) groups is 4. The van der Waals surface area contributed by atoms with Crippen LogP contribution in [0.25, 0.3) is 0 Å². The van der Waals surface area contributed by atoms with Gasteiger partial charge in [-0.2, -0.15) is 12.6 Å². The molecule has 0 heterocycles. The van der Waals surface area contributed by atoms with Gasteiger partial charge in [-0.3, -0.25) is 14.4 Å². The molecule has 0 bridgehead atoms. The van der Waals surface area contributed by atoms with Crippen LogP contribution in [0, 0.1) is 5.92 Å². The Hall–Kier alpha value is -1.85. The minimum absolute atomic E-state index is 0.0429. The minimum Gasteiger partial charge on any atom is -0.480 e. The normalized spacial score (nSPS) is 15.2. The molecule has 0 aromatic heterocycles. The van der Waals surface area contributed by atoms with Crippen molar-refractivity contribution >= 4 is 36.3 Å². The maximum absolute atomic E-state index is 12.5. The third-order valence-corrected chi connectivity index (χ3v) is 4.40. The largest absolute Gasteiger partial charge is 0.480 e. The van der Waals surface area contributed by atoms with Gasteiger partial charge in [0.1, 0.15) is 18.1 Å². The summed E-state index contributed by atoms with van der Waals surface area (Å²) in [6.07, 6.45) is 1.41. The Balaban J connectivity index is 5.02. The summed E-state index contributed by atoms with van der Waals surface area (Å²) >= 11 is 4.07. The van der Waals surface area contributed by atoms with Crippen molar-refractivity contribution in [2.24, 2.45) is 17.4 Å². The van der Waals surface area contributed by atoms with Crippen molar-refractivity contribution in [3.05, 3.63) is 0 Å². The second-order valence-electron chi connectivity index (χ2n) is 6.95. The van der Waals surface area contributed by atoms with Crippen molar-refractivity contribution in [1.82, 2.24) is 16.0 Å². The van der Waals surface area contributed by atoms with Crippen molar-refractivity contribution in [3.63, 3.8) is 0 Å².